The first-order valence-corrected chi connectivity index (χ1v) is 6.76. The van der Waals surface area contributed by atoms with E-state index in [1.54, 1.807) is 17.4 Å². The van der Waals surface area contributed by atoms with E-state index in [0.717, 1.165) is 21.7 Å². The molecule has 0 amide bonds. The second-order valence-corrected chi connectivity index (χ2v) is 5.60. The number of nitrogens with zero attached hydrogens (tertiary/aromatic N) is 1. The molecule has 92 valence electrons. The van der Waals surface area contributed by atoms with Crippen molar-refractivity contribution < 1.29 is 4.42 Å². The standard InChI is InChI=1S/C13H11ClN2OS/c1-7-16-10(6-18-7)13(15)12-5-8-4-9(14)2-3-11(8)17-12/h2-6,13H,15H2,1H3. The number of nitrogens with two attached hydrogens (primary N) is 1. The van der Waals surface area contributed by atoms with Crippen LogP contribution in [0.15, 0.2) is 34.1 Å². The summed E-state index contributed by atoms with van der Waals surface area (Å²) in [5, 5.41) is 4.60. The molecule has 3 nitrogen and oxygen atoms in total. The fourth-order valence-corrected chi connectivity index (χ4v) is 2.69. The van der Waals surface area contributed by atoms with Crippen molar-refractivity contribution in [1.29, 1.82) is 0 Å². The van der Waals surface area contributed by atoms with E-state index in [1.807, 2.05) is 30.5 Å². The number of aryl methyl sites for hydroxylation is 1. The van der Waals surface area contributed by atoms with Gasteiger partial charge in [-0.05, 0) is 31.2 Å². The van der Waals surface area contributed by atoms with E-state index in [-0.39, 0.29) is 6.04 Å². The van der Waals surface area contributed by atoms with Crippen LogP contribution in [-0.2, 0) is 0 Å². The Morgan fingerprint density at radius 2 is 2.22 bits per heavy atom. The van der Waals surface area contributed by atoms with Crippen molar-refractivity contribution in [2.75, 3.05) is 0 Å². The lowest BCUT2D eigenvalue weighted by molar-refractivity contribution is 0.521. The fourth-order valence-electron chi connectivity index (χ4n) is 1.86. The minimum atomic E-state index is -0.332. The third-order valence-corrected chi connectivity index (χ3v) is 3.79. The quantitative estimate of drug-likeness (QED) is 0.773. The van der Waals surface area contributed by atoms with Gasteiger partial charge in [0.15, 0.2) is 0 Å². The molecule has 0 aliphatic rings. The topological polar surface area (TPSA) is 52.0 Å². The van der Waals surface area contributed by atoms with Gasteiger partial charge in [-0.3, -0.25) is 0 Å². The van der Waals surface area contributed by atoms with Crippen LogP contribution in [0.2, 0.25) is 5.02 Å². The molecule has 1 aromatic carbocycles. The Kier molecular flexibility index (Phi) is 2.86. The molecule has 0 aliphatic carbocycles. The van der Waals surface area contributed by atoms with Crippen molar-refractivity contribution in [3.05, 3.63) is 51.1 Å². The van der Waals surface area contributed by atoms with Crippen LogP contribution in [0.5, 0.6) is 0 Å². The van der Waals surface area contributed by atoms with Gasteiger partial charge in [0, 0.05) is 15.8 Å². The van der Waals surface area contributed by atoms with Crippen LogP contribution in [0.25, 0.3) is 11.0 Å². The monoisotopic (exact) mass is 278 g/mol. The van der Waals surface area contributed by atoms with Crippen LogP contribution >= 0.6 is 22.9 Å². The van der Waals surface area contributed by atoms with Crippen LogP contribution in [0, 0.1) is 6.92 Å². The van der Waals surface area contributed by atoms with E-state index in [1.165, 1.54) is 0 Å². The van der Waals surface area contributed by atoms with Crippen molar-refractivity contribution in [2.24, 2.45) is 5.73 Å². The molecular weight excluding hydrogens is 268 g/mol. The molecule has 0 saturated carbocycles. The van der Waals surface area contributed by atoms with Gasteiger partial charge in [0.1, 0.15) is 17.4 Å². The highest BCUT2D eigenvalue weighted by molar-refractivity contribution is 7.09. The molecule has 0 radical (unpaired) electrons. The number of rotatable bonds is 2. The van der Waals surface area contributed by atoms with Gasteiger partial charge in [0.2, 0.25) is 0 Å². The number of thiazole rings is 1. The first kappa shape index (κ1) is 11.7. The van der Waals surface area contributed by atoms with Crippen molar-refractivity contribution >= 4 is 33.9 Å². The van der Waals surface area contributed by atoms with E-state index in [0.29, 0.717) is 10.8 Å². The Morgan fingerprint density at radius 1 is 1.39 bits per heavy atom. The minimum Gasteiger partial charge on any atom is -0.459 e. The predicted octanol–water partition coefficient (Wildman–Crippen LogP) is 3.90. The molecule has 2 heterocycles. The van der Waals surface area contributed by atoms with Gasteiger partial charge < -0.3 is 10.2 Å². The van der Waals surface area contributed by atoms with E-state index >= 15 is 0 Å². The van der Waals surface area contributed by atoms with Crippen molar-refractivity contribution in [3.63, 3.8) is 0 Å². The SMILES string of the molecule is Cc1nc(C(N)c2cc3cc(Cl)ccc3o2)cs1. The van der Waals surface area contributed by atoms with Gasteiger partial charge in [-0.15, -0.1) is 11.3 Å². The average Bonchev–Trinajstić information content (AvgIpc) is 2.93. The van der Waals surface area contributed by atoms with Crippen LogP contribution < -0.4 is 5.73 Å². The average molecular weight is 279 g/mol. The number of halogens is 1. The smallest absolute Gasteiger partial charge is 0.134 e. The number of hydrogen-bond donors (Lipinski definition) is 1. The highest BCUT2D eigenvalue weighted by Crippen LogP contribution is 2.28. The molecule has 0 bridgehead atoms. The van der Waals surface area contributed by atoms with Gasteiger partial charge >= 0.3 is 0 Å². The van der Waals surface area contributed by atoms with E-state index in [9.17, 15) is 0 Å². The third-order valence-electron chi connectivity index (χ3n) is 2.76. The molecule has 2 aromatic heterocycles. The summed E-state index contributed by atoms with van der Waals surface area (Å²) < 4.78 is 5.73. The first-order valence-electron chi connectivity index (χ1n) is 5.50. The minimum absolute atomic E-state index is 0.332. The van der Waals surface area contributed by atoms with Crippen molar-refractivity contribution in [1.82, 2.24) is 4.98 Å². The van der Waals surface area contributed by atoms with Crippen LogP contribution in [0.3, 0.4) is 0 Å². The molecule has 2 N–H and O–H groups in total. The lowest BCUT2D eigenvalue weighted by Gasteiger charge is -2.03. The largest absolute Gasteiger partial charge is 0.459 e. The molecule has 3 rings (SSSR count). The number of benzene rings is 1. The van der Waals surface area contributed by atoms with E-state index in [4.69, 9.17) is 21.8 Å². The number of furan rings is 1. The van der Waals surface area contributed by atoms with E-state index < -0.39 is 0 Å². The van der Waals surface area contributed by atoms with Crippen molar-refractivity contribution in [2.45, 2.75) is 13.0 Å². The summed E-state index contributed by atoms with van der Waals surface area (Å²) in [6.45, 7) is 1.96. The second kappa shape index (κ2) is 4.39. The van der Waals surface area contributed by atoms with E-state index in [2.05, 4.69) is 4.98 Å². The Balaban J connectivity index is 2.03. The maximum absolute atomic E-state index is 6.15. The molecular formula is C13H11ClN2OS. The molecule has 0 spiro atoms. The highest BCUT2D eigenvalue weighted by atomic mass is 35.5. The molecule has 18 heavy (non-hydrogen) atoms. The summed E-state index contributed by atoms with van der Waals surface area (Å²) in [6, 6.07) is 7.10. The maximum Gasteiger partial charge on any atom is 0.134 e. The van der Waals surface area contributed by atoms with Crippen LogP contribution in [-0.4, -0.2) is 4.98 Å². The predicted molar refractivity (Wildman–Crippen MR) is 74.1 cm³/mol. The Bertz CT molecular complexity index is 704. The van der Waals surface area contributed by atoms with Gasteiger partial charge in [-0.1, -0.05) is 11.6 Å². The normalized spacial score (nSPS) is 13.1. The lowest BCUT2D eigenvalue weighted by atomic mass is 10.1. The molecule has 1 unspecified atom stereocenters. The number of hydrogen-bond acceptors (Lipinski definition) is 4. The zero-order valence-electron chi connectivity index (χ0n) is 9.68. The van der Waals surface area contributed by atoms with Gasteiger partial charge in [0.05, 0.1) is 10.7 Å². The summed E-state index contributed by atoms with van der Waals surface area (Å²) in [7, 11) is 0. The molecule has 0 aliphatic heterocycles. The van der Waals surface area contributed by atoms with Gasteiger partial charge in [-0.2, -0.15) is 0 Å². The van der Waals surface area contributed by atoms with Crippen LogP contribution in [0.4, 0.5) is 0 Å². The summed E-state index contributed by atoms with van der Waals surface area (Å²) >= 11 is 7.53. The summed E-state index contributed by atoms with van der Waals surface area (Å²) in [5.41, 5.74) is 7.77. The lowest BCUT2D eigenvalue weighted by Crippen LogP contribution is -2.11. The summed E-state index contributed by atoms with van der Waals surface area (Å²) in [6.07, 6.45) is 0. The van der Waals surface area contributed by atoms with Gasteiger partial charge in [-0.25, -0.2) is 4.98 Å². The third kappa shape index (κ3) is 2.03. The zero-order chi connectivity index (χ0) is 12.7. The first-order chi connectivity index (χ1) is 8.63. The second-order valence-electron chi connectivity index (χ2n) is 4.10. The highest BCUT2D eigenvalue weighted by Gasteiger charge is 2.16. The molecule has 1 atom stereocenters. The summed E-state index contributed by atoms with van der Waals surface area (Å²) in [4.78, 5) is 4.38. The molecule has 0 saturated heterocycles. The Hall–Kier alpha value is -1.36. The Morgan fingerprint density at radius 3 is 2.94 bits per heavy atom. The molecule has 5 heteroatoms. The number of aromatic nitrogens is 1. The van der Waals surface area contributed by atoms with Gasteiger partial charge in [0.25, 0.3) is 0 Å². The molecule has 3 aromatic rings. The number of fused-ring (bicyclic) bond motifs is 1. The van der Waals surface area contributed by atoms with Crippen molar-refractivity contribution in [3.8, 4) is 0 Å². The molecule has 0 fully saturated rings. The maximum atomic E-state index is 6.15. The fraction of sp³-hybridized carbons (Fsp3) is 0.154. The Labute approximate surface area is 113 Å². The zero-order valence-corrected chi connectivity index (χ0v) is 11.3. The summed E-state index contributed by atoms with van der Waals surface area (Å²) in [5.74, 6) is 0.706. The van der Waals surface area contributed by atoms with Crippen LogP contribution in [0.1, 0.15) is 22.5 Å².